The Balaban J connectivity index is 0.000000739. The van der Waals surface area contributed by atoms with Crippen LogP contribution in [0.15, 0.2) is 64.2 Å². The first-order valence-corrected chi connectivity index (χ1v) is 11.9. The SMILES string of the molecule is CCOC1=CC(=CC=C2C=CC(=[N+](C)C)C=C2)C=C(OCC)c2c(C)oc(C)c21.[O-][Cl+3]([O-])([O-])[O-]. The van der Waals surface area contributed by atoms with Crippen molar-refractivity contribution in [3.8, 4) is 0 Å². The molecule has 0 bridgehead atoms. The van der Waals surface area contributed by atoms with Crippen molar-refractivity contribution in [2.24, 2.45) is 0 Å². The van der Waals surface area contributed by atoms with Gasteiger partial charge in [0.05, 0.1) is 24.3 Å². The number of rotatable bonds is 5. The highest BCUT2D eigenvalue weighted by Gasteiger charge is 2.26. The largest absolute Gasteiger partial charge is 0.493 e. The molecular weight excluding hydrogens is 462 g/mol. The number of allylic oxidation sites excluding steroid dienone is 10. The maximum absolute atomic E-state index is 8.49. The molecule has 1 aromatic rings. The van der Waals surface area contributed by atoms with Gasteiger partial charge >= 0.3 is 0 Å². The Morgan fingerprint density at radius 1 is 0.794 bits per heavy atom. The van der Waals surface area contributed by atoms with Crippen molar-refractivity contribution in [2.75, 3.05) is 27.3 Å². The van der Waals surface area contributed by atoms with Gasteiger partial charge in [-0.1, -0.05) is 12.2 Å². The van der Waals surface area contributed by atoms with E-state index in [-0.39, 0.29) is 0 Å². The molecule has 2 aliphatic carbocycles. The minimum Gasteiger partial charge on any atom is -0.493 e. The van der Waals surface area contributed by atoms with Gasteiger partial charge in [-0.15, -0.1) is 10.2 Å². The molecule has 0 amide bonds. The summed E-state index contributed by atoms with van der Waals surface area (Å²) in [7, 11) is -0.861. The van der Waals surface area contributed by atoms with E-state index in [0.29, 0.717) is 13.2 Å². The molecule has 34 heavy (non-hydrogen) atoms. The van der Waals surface area contributed by atoms with Crippen LogP contribution < -0.4 is 18.6 Å². The lowest BCUT2D eigenvalue weighted by Gasteiger charge is -2.17. The van der Waals surface area contributed by atoms with Gasteiger partial charge in [0.25, 0.3) is 0 Å². The van der Waals surface area contributed by atoms with Crippen LogP contribution in [0.1, 0.15) is 36.5 Å². The Labute approximate surface area is 202 Å². The van der Waals surface area contributed by atoms with Crippen molar-refractivity contribution in [1.82, 2.24) is 0 Å². The molecule has 0 spiro atoms. The fourth-order valence-electron chi connectivity index (χ4n) is 3.48. The van der Waals surface area contributed by atoms with Crippen LogP contribution in [-0.2, 0) is 9.47 Å². The summed E-state index contributed by atoms with van der Waals surface area (Å²) in [4.78, 5) is 0. The molecule has 0 aromatic carbocycles. The van der Waals surface area contributed by atoms with Gasteiger partial charge in [-0.2, -0.15) is 0 Å². The zero-order valence-electron chi connectivity index (χ0n) is 20.2. The highest BCUT2D eigenvalue weighted by atomic mass is 35.7. The van der Waals surface area contributed by atoms with Gasteiger partial charge in [0.1, 0.15) is 37.1 Å². The van der Waals surface area contributed by atoms with E-state index in [2.05, 4.69) is 53.2 Å². The number of fused-ring (bicyclic) bond motifs is 1. The Bertz CT molecular complexity index is 1030. The third kappa shape index (κ3) is 7.86. The molecule has 1 heterocycles. The lowest BCUT2D eigenvalue weighted by Crippen LogP contribution is -2.68. The van der Waals surface area contributed by atoms with Crippen molar-refractivity contribution < 1.29 is 47.3 Å². The van der Waals surface area contributed by atoms with Crippen LogP contribution in [0.25, 0.3) is 11.5 Å². The molecule has 1 aromatic heterocycles. The topological polar surface area (TPSA) is 127 Å². The maximum atomic E-state index is 8.49. The predicted molar refractivity (Wildman–Crippen MR) is 119 cm³/mol. The maximum Gasteiger partial charge on any atom is 0.199 e. The first-order valence-electron chi connectivity index (χ1n) is 10.7. The molecule has 0 saturated heterocycles. The van der Waals surface area contributed by atoms with Crippen molar-refractivity contribution in [1.29, 1.82) is 0 Å². The monoisotopic (exact) mass is 491 g/mol. The fourth-order valence-corrected chi connectivity index (χ4v) is 3.48. The van der Waals surface area contributed by atoms with Gasteiger partial charge in [-0.25, -0.2) is 23.2 Å². The number of halogens is 1. The number of aryl methyl sites for hydroxylation is 2. The second-order valence-electron chi connectivity index (χ2n) is 7.54. The molecule has 0 saturated carbocycles. The van der Waals surface area contributed by atoms with Crippen LogP contribution >= 0.6 is 0 Å². The van der Waals surface area contributed by atoms with Crippen LogP contribution in [0.4, 0.5) is 0 Å². The normalized spacial score (nSPS) is 14.9. The summed E-state index contributed by atoms with van der Waals surface area (Å²) in [6, 6.07) is 0. The molecule has 0 unspecified atom stereocenters. The van der Waals surface area contributed by atoms with Crippen molar-refractivity contribution >= 4 is 17.2 Å². The zero-order valence-corrected chi connectivity index (χ0v) is 21.0. The molecular formula is C25H30ClNO7. The first-order chi connectivity index (χ1) is 15.9. The standard InChI is InChI=1S/C25H30NO3.ClHO4/c1-7-27-22-15-20(10-9-19-11-13-21(14-12-19)26(5)6)16-23(28-8-2)25-18(4)29-17(3)24(22)25;2-1(3,4)5/h9-16H,7-8H2,1-6H3;(H,2,3,4,5)/q+1;/p-1. The molecule has 9 heteroatoms. The summed E-state index contributed by atoms with van der Waals surface area (Å²) in [5.41, 5.74) is 5.28. The molecule has 0 radical (unpaired) electrons. The number of hydrogen-bond acceptors (Lipinski definition) is 7. The van der Waals surface area contributed by atoms with Crippen LogP contribution in [0, 0.1) is 24.1 Å². The van der Waals surface area contributed by atoms with Crippen molar-refractivity contribution in [3.05, 3.63) is 82.4 Å². The second-order valence-corrected chi connectivity index (χ2v) is 8.30. The van der Waals surface area contributed by atoms with E-state index in [4.69, 9.17) is 32.5 Å². The van der Waals surface area contributed by atoms with Gasteiger partial charge in [-0.05, 0) is 63.1 Å². The second kappa shape index (κ2) is 12.0. The van der Waals surface area contributed by atoms with Gasteiger partial charge in [0, 0.05) is 12.2 Å². The lowest BCUT2D eigenvalue weighted by molar-refractivity contribution is -2.00. The number of ether oxygens (including phenoxy) is 2. The van der Waals surface area contributed by atoms with Gasteiger partial charge in [0.2, 0.25) is 0 Å². The van der Waals surface area contributed by atoms with Crippen LogP contribution in [0.2, 0.25) is 0 Å². The van der Waals surface area contributed by atoms with Crippen LogP contribution in [0.5, 0.6) is 0 Å². The molecule has 184 valence electrons. The van der Waals surface area contributed by atoms with E-state index < -0.39 is 10.2 Å². The Hall–Kier alpha value is -2.88. The summed E-state index contributed by atoms with van der Waals surface area (Å²) >= 11 is 0. The summed E-state index contributed by atoms with van der Waals surface area (Å²) in [5.74, 6) is 3.30. The van der Waals surface area contributed by atoms with E-state index in [1.54, 1.807) is 0 Å². The van der Waals surface area contributed by atoms with E-state index in [1.165, 1.54) is 5.71 Å². The third-order valence-electron chi connectivity index (χ3n) is 4.83. The summed E-state index contributed by atoms with van der Waals surface area (Å²) in [6.07, 6.45) is 16.8. The van der Waals surface area contributed by atoms with Gasteiger partial charge < -0.3 is 13.9 Å². The minimum absolute atomic E-state index is 0.585. The van der Waals surface area contributed by atoms with E-state index in [1.807, 2.05) is 41.8 Å². The Morgan fingerprint density at radius 3 is 1.59 bits per heavy atom. The van der Waals surface area contributed by atoms with Crippen LogP contribution in [-0.4, -0.2) is 37.6 Å². The zero-order chi connectivity index (χ0) is 25.5. The third-order valence-corrected chi connectivity index (χ3v) is 4.83. The molecule has 8 nitrogen and oxygen atoms in total. The Kier molecular flexibility index (Phi) is 9.66. The lowest BCUT2D eigenvalue weighted by atomic mass is 10.1. The Morgan fingerprint density at radius 2 is 1.21 bits per heavy atom. The molecule has 0 aliphatic heterocycles. The number of nitrogens with zero attached hydrogens (tertiary/aromatic N) is 1. The number of furan rings is 1. The van der Waals surface area contributed by atoms with E-state index in [0.717, 1.165) is 45.3 Å². The predicted octanol–water partition coefficient (Wildman–Crippen LogP) is 0.601. The summed E-state index contributed by atoms with van der Waals surface area (Å²) < 4.78 is 53.9. The van der Waals surface area contributed by atoms with Crippen molar-refractivity contribution in [2.45, 2.75) is 27.7 Å². The molecule has 2 aliphatic rings. The van der Waals surface area contributed by atoms with Crippen LogP contribution in [0.3, 0.4) is 0 Å². The van der Waals surface area contributed by atoms with Gasteiger partial charge in [0.15, 0.2) is 5.71 Å². The highest BCUT2D eigenvalue weighted by Crippen LogP contribution is 2.38. The molecule has 0 fully saturated rings. The van der Waals surface area contributed by atoms with E-state index in [9.17, 15) is 0 Å². The number of hydrogen-bond donors (Lipinski definition) is 0. The highest BCUT2D eigenvalue weighted by molar-refractivity contribution is 6.02. The van der Waals surface area contributed by atoms with E-state index >= 15 is 0 Å². The fraction of sp³-hybridized carbons (Fsp3) is 0.320. The first kappa shape index (κ1) is 27.4. The average Bonchev–Trinajstić information content (AvgIpc) is 2.93. The smallest absolute Gasteiger partial charge is 0.199 e. The quantitative estimate of drug-likeness (QED) is 0.552. The van der Waals surface area contributed by atoms with Gasteiger partial charge in [-0.3, -0.25) is 0 Å². The van der Waals surface area contributed by atoms with Crippen molar-refractivity contribution in [3.63, 3.8) is 0 Å². The summed E-state index contributed by atoms with van der Waals surface area (Å²) in [6.45, 7) is 9.09. The summed E-state index contributed by atoms with van der Waals surface area (Å²) in [5, 5.41) is 0. The average molecular weight is 492 g/mol. The molecule has 3 rings (SSSR count). The molecule has 0 atom stereocenters. The minimum atomic E-state index is -4.94. The molecule has 0 N–H and O–H groups in total.